The summed E-state index contributed by atoms with van der Waals surface area (Å²) in [6, 6.07) is 2.13. The predicted octanol–water partition coefficient (Wildman–Crippen LogP) is 5.16. The van der Waals surface area contributed by atoms with Crippen molar-refractivity contribution in [2.75, 3.05) is 0 Å². The van der Waals surface area contributed by atoms with Crippen LogP contribution < -0.4 is 0 Å². The third-order valence-electron chi connectivity index (χ3n) is 5.63. The van der Waals surface area contributed by atoms with Gasteiger partial charge in [-0.3, -0.25) is 4.90 Å². The third-order valence-corrected chi connectivity index (χ3v) is 5.63. The molecular weight excluding hydrogens is 360 g/mol. The Hall–Kier alpha value is -2.93. The molecule has 4 rings (SSSR count). The molecule has 0 saturated carbocycles. The van der Waals surface area contributed by atoms with E-state index in [0.717, 1.165) is 24.1 Å². The van der Waals surface area contributed by atoms with E-state index in [1.54, 1.807) is 0 Å². The van der Waals surface area contributed by atoms with Crippen LogP contribution in [0.25, 0.3) is 5.57 Å². The van der Waals surface area contributed by atoms with Crippen LogP contribution in [0.4, 0.5) is 4.79 Å². The zero-order valence-corrected chi connectivity index (χ0v) is 17.6. The Morgan fingerprint density at radius 2 is 2.10 bits per heavy atom. The molecule has 3 aliphatic rings. The van der Waals surface area contributed by atoms with Crippen LogP contribution >= 0.6 is 0 Å². The van der Waals surface area contributed by atoms with E-state index in [1.165, 1.54) is 11.1 Å². The molecule has 0 aromatic carbocycles. The zero-order chi connectivity index (χ0) is 20.8. The number of hydrogen-bond donors (Lipinski definition) is 0. The van der Waals surface area contributed by atoms with Gasteiger partial charge in [0, 0.05) is 18.9 Å². The molecule has 4 heteroatoms. The number of carbonyl (C=O) groups is 1. The molecule has 2 aliphatic carbocycles. The van der Waals surface area contributed by atoms with Gasteiger partial charge in [0.2, 0.25) is 0 Å². The summed E-state index contributed by atoms with van der Waals surface area (Å²) in [4.78, 5) is 14.8. The van der Waals surface area contributed by atoms with Crippen molar-refractivity contribution in [1.29, 1.82) is 0 Å². The Labute approximate surface area is 173 Å². The fourth-order valence-electron chi connectivity index (χ4n) is 4.17. The highest BCUT2D eigenvalue weighted by molar-refractivity contribution is 5.73. The summed E-state index contributed by atoms with van der Waals surface area (Å²) in [6.07, 6.45) is 14.0. The molecule has 0 N–H and O–H groups in total. The zero-order valence-electron chi connectivity index (χ0n) is 17.6. The summed E-state index contributed by atoms with van der Waals surface area (Å²) in [5.74, 6) is 6.62. The standard InChI is InChI=1S/C25H28N2O2/c1-6-17-8-7-9-18(11-10-17)20-15-22(26(5)16-20)23-14-19-12-13-21(19)27(23)24(28)29-25(2,3)4/h6-8,10-11,15-16,19,21,23H,1,9,14H2,2-5H3. The van der Waals surface area contributed by atoms with Gasteiger partial charge >= 0.3 is 6.09 Å². The van der Waals surface area contributed by atoms with Crippen molar-refractivity contribution in [2.24, 2.45) is 13.0 Å². The van der Waals surface area contributed by atoms with Crippen molar-refractivity contribution >= 4 is 11.7 Å². The molecule has 1 amide bonds. The minimum atomic E-state index is -0.525. The van der Waals surface area contributed by atoms with Gasteiger partial charge in [-0.15, -0.1) is 0 Å². The lowest BCUT2D eigenvalue weighted by Gasteiger charge is -2.32. The van der Waals surface area contributed by atoms with Gasteiger partial charge in [0.05, 0.1) is 12.0 Å². The smallest absolute Gasteiger partial charge is 0.411 e. The molecule has 150 valence electrons. The molecule has 1 aromatic heterocycles. The lowest BCUT2D eigenvalue weighted by atomic mass is 9.92. The molecule has 3 atom stereocenters. The second-order valence-corrected chi connectivity index (χ2v) is 8.91. The van der Waals surface area contributed by atoms with E-state index in [-0.39, 0.29) is 24.1 Å². The van der Waals surface area contributed by atoms with Gasteiger partial charge in [-0.1, -0.05) is 48.8 Å². The minimum Gasteiger partial charge on any atom is -0.444 e. The van der Waals surface area contributed by atoms with Gasteiger partial charge < -0.3 is 9.30 Å². The minimum absolute atomic E-state index is 0.0358. The van der Waals surface area contributed by atoms with E-state index < -0.39 is 5.60 Å². The van der Waals surface area contributed by atoms with Crippen LogP contribution in [0, 0.1) is 17.8 Å². The maximum atomic E-state index is 13.0. The van der Waals surface area contributed by atoms with Gasteiger partial charge in [-0.2, -0.15) is 0 Å². The molecule has 1 fully saturated rings. The molecule has 1 aliphatic heterocycles. The van der Waals surface area contributed by atoms with Crippen molar-refractivity contribution in [2.45, 2.75) is 51.3 Å². The molecule has 0 bridgehead atoms. The van der Waals surface area contributed by atoms with Crippen molar-refractivity contribution in [1.82, 2.24) is 9.47 Å². The van der Waals surface area contributed by atoms with Crippen LogP contribution in [0.2, 0.25) is 0 Å². The highest BCUT2D eigenvalue weighted by Gasteiger charge is 2.48. The van der Waals surface area contributed by atoms with E-state index >= 15 is 0 Å². The van der Waals surface area contributed by atoms with Crippen LogP contribution in [0.1, 0.15) is 50.9 Å². The van der Waals surface area contributed by atoms with Gasteiger partial charge in [0.1, 0.15) is 11.6 Å². The van der Waals surface area contributed by atoms with Gasteiger partial charge in [0.25, 0.3) is 0 Å². The first-order valence-electron chi connectivity index (χ1n) is 10.2. The lowest BCUT2D eigenvalue weighted by molar-refractivity contribution is 0.0169. The lowest BCUT2D eigenvalue weighted by Crippen LogP contribution is -2.43. The first-order chi connectivity index (χ1) is 13.8. The number of hydrogen-bond acceptors (Lipinski definition) is 2. The molecule has 2 heterocycles. The quantitative estimate of drug-likeness (QED) is 0.670. The first kappa shape index (κ1) is 19.4. The van der Waals surface area contributed by atoms with Crippen molar-refractivity contribution in [3.63, 3.8) is 0 Å². The summed E-state index contributed by atoms with van der Waals surface area (Å²) < 4.78 is 7.84. The maximum Gasteiger partial charge on any atom is 0.411 e. The Balaban J connectivity index is 1.64. The van der Waals surface area contributed by atoms with Gasteiger partial charge in [-0.05, 0) is 56.4 Å². The Morgan fingerprint density at radius 3 is 2.76 bits per heavy atom. The summed E-state index contributed by atoms with van der Waals surface area (Å²) in [5.41, 5.74) is 4.13. The number of rotatable bonds is 3. The van der Waals surface area contributed by atoms with E-state index in [1.807, 2.05) is 38.8 Å². The average molecular weight is 389 g/mol. The number of likely N-dealkylation sites (tertiary alicyclic amines) is 1. The highest BCUT2D eigenvalue weighted by atomic mass is 16.6. The second kappa shape index (κ2) is 7.15. The topological polar surface area (TPSA) is 34.5 Å². The predicted molar refractivity (Wildman–Crippen MR) is 116 cm³/mol. The molecule has 0 spiro atoms. The van der Waals surface area contributed by atoms with Crippen molar-refractivity contribution in [3.05, 3.63) is 66.1 Å². The Kier molecular flexibility index (Phi) is 4.78. The van der Waals surface area contributed by atoms with Crippen molar-refractivity contribution < 1.29 is 9.53 Å². The molecule has 4 nitrogen and oxygen atoms in total. The largest absolute Gasteiger partial charge is 0.444 e. The van der Waals surface area contributed by atoms with E-state index in [4.69, 9.17) is 4.74 Å². The van der Waals surface area contributed by atoms with Crippen LogP contribution in [0.3, 0.4) is 0 Å². The van der Waals surface area contributed by atoms with Gasteiger partial charge in [0.15, 0.2) is 0 Å². The first-order valence-corrected chi connectivity index (χ1v) is 10.2. The SMILES string of the molecule is C=CC1=CC=C(c2cc(C3CC4C#CC4N3C(=O)OC(C)(C)C)n(C)c2)CC=C1. The van der Waals surface area contributed by atoms with Crippen LogP contribution in [-0.4, -0.2) is 27.2 Å². The number of ether oxygens (including phenoxy) is 1. The fraction of sp³-hybridized carbons (Fsp3) is 0.400. The molecule has 1 saturated heterocycles. The number of nitrogens with zero attached hydrogens (tertiary/aromatic N) is 2. The third kappa shape index (κ3) is 3.70. The van der Waals surface area contributed by atoms with E-state index in [9.17, 15) is 4.79 Å². The normalized spacial score (nSPS) is 25.1. The van der Waals surface area contributed by atoms with Crippen LogP contribution in [-0.2, 0) is 11.8 Å². The summed E-state index contributed by atoms with van der Waals surface area (Å²) >= 11 is 0. The Morgan fingerprint density at radius 1 is 1.31 bits per heavy atom. The molecule has 29 heavy (non-hydrogen) atoms. The number of allylic oxidation sites excluding steroid dienone is 7. The summed E-state index contributed by atoms with van der Waals surface area (Å²) in [7, 11) is 2.05. The van der Waals surface area contributed by atoms with Gasteiger partial charge in [-0.25, -0.2) is 4.79 Å². The monoisotopic (exact) mass is 388 g/mol. The number of carbonyl (C=O) groups excluding carboxylic acids is 1. The average Bonchev–Trinajstić information content (AvgIpc) is 3.00. The van der Waals surface area contributed by atoms with Crippen LogP contribution in [0.5, 0.6) is 0 Å². The summed E-state index contributed by atoms with van der Waals surface area (Å²) in [5, 5.41) is 0. The molecule has 3 unspecified atom stereocenters. The number of amides is 1. The Bertz CT molecular complexity index is 1000. The van der Waals surface area contributed by atoms with Crippen LogP contribution in [0.15, 0.2) is 54.8 Å². The maximum absolute atomic E-state index is 13.0. The molecular formula is C25H28N2O2. The second-order valence-electron chi connectivity index (χ2n) is 8.91. The number of aryl methyl sites for hydroxylation is 1. The fourth-order valence-corrected chi connectivity index (χ4v) is 4.17. The number of aromatic nitrogens is 1. The summed E-state index contributed by atoms with van der Waals surface area (Å²) in [6.45, 7) is 9.55. The number of fused-ring (bicyclic) bond motifs is 1. The highest BCUT2D eigenvalue weighted by Crippen LogP contribution is 2.44. The van der Waals surface area contributed by atoms with Crippen molar-refractivity contribution in [3.8, 4) is 11.8 Å². The van der Waals surface area contributed by atoms with E-state index in [0.29, 0.717) is 0 Å². The molecule has 1 aromatic rings. The van der Waals surface area contributed by atoms with E-state index in [2.05, 4.69) is 59.6 Å². The molecule has 0 radical (unpaired) electrons.